The molecule has 4 heteroatoms. The highest BCUT2D eigenvalue weighted by Gasteiger charge is 2.15. The fraction of sp³-hybridized carbons (Fsp3) is 0.429. The van der Waals surface area contributed by atoms with Gasteiger partial charge in [0.25, 0.3) is 5.91 Å². The summed E-state index contributed by atoms with van der Waals surface area (Å²) in [6.07, 6.45) is 9.69. The van der Waals surface area contributed by atoms with E-state index in [0.29, 0.717) is 11.6 Å². The number of anilines is 2. The lowest BCUT2D eigenvalue weighted by molar-refractivity contribution is 0.102. The molecule has 1 heterocycles. The van der Waals surface area contributed by atoms with Gasteiger partial charge in [0.15, 0.2) is 0 Å². The predicted octanol–water partition coefficient (Wildman–Crippen LogP) is 5.00. The summed E-state index contributed by atoms with van der Waals surface area (Å²) >= 11 is 0. The molecule has 4 nitrogen and oxygen atoms in total. The second-order valence-electron chi connectivity index (χ2n) is 7.17. The van der Waals surface area contributed by atoms with Crippen LogP contribution in [-0.2, 0) is 0 Å². The maximum absolute atomic E-state index is 12.7. The highest BCUT2D eigenvalue weighted by Crippen LogP contribution is 2.24. The SMILES string of the molecule is Cc1cc(C)c(NC(=O)c2cncc(NC3CCCCC3)c2)c(C)c1. The predicted molar refractivity (Wildman–Crippen MR) is 103 cm³/mol. The Kier molecular flexibility index (Phi) is 5.37. The highest BCUT2D eigenvalue weighted by atomic mass is 16.1. The molecule has 132 valence electrons. The van der Waals surface area contributed by atoms with Gasteiger partial charge in [0.05, 0.1) is 11.3 Å². The smallest absolute Gasteiger partial charge is 0.257 e. The quantitative estimate of drug-likeness (QED) is 0.825. The van der Waals surface area contributed by atoms with Crippen molar-refractivity contribution in [3.63, 3.8) is 0 Å². The van der Waals surface area contributed by atoms with Crippen molar-refractivity contribution in [1.29, 1.82) is 0 Å². The summed E-state index contributed by atoms with van der Waals surface area (Å²) in [5.74, 6) is -0.116. The van der Waals surface area contributed by atoms with Gasteiger partial charge in [-0.15, -0.1) is 0 Å². The minimum atomic E-state index is -0.116. The lowest BCUT2D eigenvalue weighted by atomic mass is 9.95. The number of aromatic nitrogens is 1. The molecule has 1 fully saturated rings. The average Bonchev–Trinajstić information content (AvgIpc) is 2.59. The zero-order valence-corrected chi connectivity index (χ0v) is 15.4. The molecular weight excluding hydrogens is 310 g/mol. The Balaban J connectivity index is 1.73. The van der Waals surface area contributed by atoms with E-state index < -0.39 is 0 Å². The third-order valence-electron chi connectivity index (χ3n) is 4.89. The van der Waals surface area contributed by atoms with Gasteiger partial charge >= 0.3 is 0 Å². The molecule has 2 N–H and O–H groups in total. The van der Waals surface area contributed by atoms with Crippen molar-refractivity contribution < 1.29 is 4.79 Å². The number of benzene rings is 1. The Morgan fingerprint density at radius 2 is 1.68 bits per heavy atom. The molecule has 25 heavy (non-hydrogen) atoms. The number of hydrogen-bond acceptors (Lipinski definition) is 3. The van der Waals surface area contributed by atoms with Gasteiger partial charge in [-0.05, 0) is 50.8 Å². The van der Waals surface area contributed by atoms with Crippen molar-refractivity contribution in [3.8, 4) is 0 Å². The zero-order valence-electron chi connectivity index (χ0n) is 15.4. The lowest BCUT2D eigenvalue weighted by Crippen LogP contribution is -2.22. The number of amides is 1. The van der Waals surface area contributed by atoms with E-state index in [0.717, 1.165) is 22.5 Å². The van der Waals surface area contributed by atoms with Gasteiger partial charge in [-0.2, -0.15) is 0 Å². The molecule has 3 rings (SSSR count). The van der Waals surface area contributed by atoms with E-state index in [4.69, 9.17) is 0 Å². The summed E-state index contributed by atoms with van der Waals surface area (Å²) < 4.78 is 0. The summed E-state index contributed by atoms with van der Waals surface area (Å²) in [7, 11) is 0. The Morgan fingerprint density at radius 3 is 2.36 bits per heavy atom. The van der Waals surface area contributed by atoms with Crippen molar-refractivity contribution in [3.05, 3.63) is 52.8 Å². The second kappa shape index (κ2) is 7.68. The molecule has 1 saturated carbocycles. The molecule has 1 amide bonds. The van der Waals surface area contributed by atoms with Gasteiger partial charge in [-0.25, -0.2) is 0 Å². The van der Waals surface area contributed by atoms with Crippen LogP contribution in [-0.4, -0.2) is 16.9 Å². The van der Waals surface area contributed by atoms with E-state index in [-0.39, 0.29) is 5.91 Å². The number of nitrogens with one attached hydrogen (secondary N) is 2. The first-order valence-corrected chi connectivity index (χ1v) is 9.14. The van der Waals surface area contributed by atoms with Crippen molar-refractivity contribution in [2.24, 2.45) is 0 Å². The lowest BCUT2D eigenvalue weighted by Gasteiger charge is -2.23. The molecule has 0 aliphatic heterocycles. The third kappa shape index (κ3) is 4.38. The highest BCUT2D eigenvalue weighted by molar-refractivity contribution is 6.05. The molecule has 2 aromatic rings. The van der Waals surface area contributed by atoms with Gasteiger partial charge in [0.2, 0.25) is 0 Å². The van der Waals surface area contributed by atoms with Crippen molar-refractivity contribution in [2.75, 3.05) is 10.6 Å². The van der Waals surface area contributed by atoms with E-state index in [2.05, 4.69) is 34.7 Å². The van der Waals surface area contributed by atoms with Crippen LogP contribution in [0.15, 0.2) is 30.6 Å². The standard InChI is InChI=1S/C21H27N3O/c1-14-9-15(2)20(16(3)10-14)24-21(25)17-11-19(13-22-12-17)23-18-7-5-4-6-8-18/h9-13,18,23H,4-8H2,1-3H3,(H,24,25). The molecule has 1 aromatic heterocycles. The third-order valence-corrected chi connectivity index (χ3v) is 4.89. The number of carbonyl (C=O) groups excluding carboxylic acids is 1. The topological polar surface area (TPSA) is 54.0 Å². The number of carbonyl (C=O) groups is 1. The zero-order chi connectivity index (χ0) is 17.8. The van der Waals surface area contributed by atoms with Crippen LogP contribution in [0.2, 0.25) is 0 Å². The Labute approximate surface area is 150 Å². The Hall–Kier alpha value is -2.36. The van der Waals surface area contributed by atoms with E-state index in [1.165, 1.54) is 37.7 Å². The molecule has 1 aromatic carbocycles. The van der Waals surface area contributed by atoms with E-state index >= 15 is 0 Å². The minimum Gasteiger partial charge on any atom is -0.381 e. The summed E-state index contributed by atoms with van der Waals surface area (Å²) in [5, 5.41) is 6.57. The number of pyridine rings is 1. The van der Waals surface area contributed by atoms with Crippen LogP contribution in [0.3, 0.4) is 0 Å². The first-order chi connectivity index (χ1) is 12.0. The van der Waals surface area contributed by atoms with Crippen molar-refractivity contribution >= 4 is 17.3 Å². The molecule has 0 saturated heterocycles. The normalized spacial score (nSPS) is 15.0. The summed E-state index contributed by atoms with van der Waals surface area (Å²) in [6, 6.07) is 6.56. The summed E-state index contributed by atoms with van der Waals surface area (Å²) in [6.45, 7) is 6.11. The van der Waals surface area contributed by atoms with Gasteiger partial charge in [0.1, 0.15) is 0 Å². The number of nitrogens with zero attached hydrogens (tertiary/aromatic N) is 1. The van der Waals surface area contributed by atoms with E-state index in [1.807, 2.05) is 19.9 Å². The van der Waals surface area contributed by atoms with Crippen molar-refractivity contribution in [2.45, 2.75) is 58.9 Å². The first kappa shape index (κ1) is 17.5. The van der Waals surface area contributed by atoms with E-state index in [9.17, 15) is 4.79 Å². The van der Waals surface area contributed by atoms with Gasteiger partial charge in [-0.3, -0.25) is 9.78 Å². The van der Waals surface area contributed by atoms with Crippen molar-refractivity contribution in [1.82, 2.24) is 4.98 Å². The minimum absolute atomic E-state index is 0.116. The first-order valence-electron chi connectivity index (χ1n) is 9.14. The summed E-state index contributed by atoms with van der Waals surface area (Å²) in [5.41, 5.74) is 5.76. The molecule has 0 spiro atoms. The Morgan fingerprint density at radius 1 is 1.00 bits per heavy atom. The van der Waals surface area contributed by atoms with Crippen LogP contribution >= 0.6 is 0 Å². The molecule has 0 atom stereocenters. The number of aryl methyl sites for hydroxylation is 3. The van der Waals surface area contributed by atoms with Crippen LogP contribution in [0.5, 0.6) is 0 Å². The van der Waals surface area contributed by atoms with E-state index in [1.54, 1.807) is 12.4 Å². The van der Waals surface area contributed by atoms with Crippen LogP contribution in [0, 0.1) is 20.8 Å². The fourth-order valence-electron chi connectivity index (χ4n) is 3.69. The maximum atomic E-state index is 12.7. The monoisotopic (exact) mass is 337 g/mol. The van der Waals surface area contributed by atoms with Crippen LogP contribution < -0.4 is 10.6 Å². The molecule has 0 radical (unpaired) electrons. The Bertz CT molecular complexity index is 740. The molecule has 0 bridgehead atoms. The average molecular weight is 337 g/mol. The largest absolute Gasteiger partial charge is 0.381 e. The van der Waals surface area contributed by atoms with Crippen LogP contribution in [0.25, 0.3) is 0 Å². The fourth-order valence-corrected chi connectivity index (χ4v) is 3.69. The van der Waals surface area contributed by atoms with Crippen LogP contribution in [0.1, 0.15) is 59.2 Å². The molecule has 1 aliphatic carbocycles. The number of rotatable bonds is 4. The number of hydrogen-bond donors (Lipinski definition) is 2. The molecule has 1 aliphatic rings. The van der Waals surface area contributed by atoms with Crippen LogP contribution in [0.4, 0.5) is 11.4 Å². The molecule has 0 unspecified atom stereocenters. The van der Waals surface area contributed by atoms with Gasteiger partial charge in [-0.1, -0.05) is 37.0 Å². The molecular formula is C21H27N3O. The second-order valence-corrected chi connectivity index (χ2v) is 7.17. The van der Waals surface area contributed by atoms with Gasteiger partial charge in [0, 0.05) is 24.1 Å². The summed E-state index contributed by atoms with van der Waals surface area (Å²) in [4.78, 5) is 16.9. The maximum Gasteiger partial charge on any atom is 0.257 e. The van der Waals surface area contributed by atoms with Gasteiger partial charge < -0.3 is 10.6 Å².